The average Bonchev–Trinajstić information content (AvgIpc) is 2.99. The quantitative estimate of drug-likeness (QED) is 0.814. The van der Waals surface area contributed by atoms with E-state index < -0.39 is 5.97 Å². The Morgan fingerprint density at radius 2 is 2.36 bits per heavy atom. The SMILES string of the molecule is CCCN(CC(=O)O)C(=O)c1ccnc(OC2CCOC2)c1. The lowest BCUT2D eigenvalue weighted by molar-refractivity contribution is -0.137. The Morgan fingerprint density at radius 3 is 3.00 bits per heavy atom. The number of hydrogen-bond acceptors (Lipinski definition) is 5. The molecule has 7 nitrogen and oxygen atoms in total. The lowest BCUT2D eigenvalue weighted by atomic mass is 10.2. The first kappa shape index (κ1) is 16.2. The summed E-state index contributed by atoms with van der Waals surface area (Å²) < 4.78 is 10.9. The highest BCUT2D eigenvalue weighted by Crippen LogP contribution is 2.16. The van der Waals surface area contributed by atoms with Gasteiger partial charge in [-0.2, -0.15) is 0 Å². The first-order chi connectivity index (χ1) is 10.6. The number of hydrogen-bond donors (Lipinski definition) is 1. The van der Waals surface area contributed by atoms with Gasteiger partial charge in [0, 0.05) is 30.8 Å². The summed E-state index contributed by atoms with van der Waals surface area (Å²) in [7, 11) is 0. The molecule has 0 spiro atoms. The van der Waals surface area contributed by atoms with Crippen molar-refractivity contribution in [1.29, 1.82) is 0 Å². The summed E-state index contributed by atoms with van der Waals surface area (Å²) in [6.45, 7) is 3.14. The van der Waals surface area contributed by atoms with Crippen LogP contribution in [0, 0.1) is 0 Å². The van der Waals surface area contributed by atoms with E-state index in [0.717, 1.165) is 6.42 Å². The third-order valence-corrected chi connectivity index (χ3v) is 3.26. The van der Waals surface area contributed by atoms with Crippen LogP contribution in [0.5, 0.6) is 5.88 Å². The molecule has 0 aliphatic carbocycles. The molecule has 1 aliphatic rings. The van der Waals surface area contributed by atoms with E-state index in [9.17, 15) is 9.59 Å². The van der Waals surface area contributed by atoms with E-state index in [2.05, 4.69) is 4.98 Å². The summed E-state index contributed by atoms with van der Waals surface area (Å²) in [6, 6.07) is 3.11. The van der Waals surface area contributed by atoms with Crippen LogP contribution >= 0.6 is 0 Å². The number of carboxylic acid groups (broad SMARTS) is 1. The Kier molecular flexibility index (Phi) is 5.71. The number of carbonyl (C=O) groups is 2. The van der Waals surface area contributed by atoms with Crippen LogP contribution in [-0.2, 0) is 9.53 Å². The average molecular weight is 308 g/mol. The minimum atomic E-state index is -1.03. The van der Waals surface area contributed by atoms with Crippen molar-refractivity contribution in [3.63, 3.8) is 0 Å². The van der Waals surface area contributed by atoms with Crippen LogP contribution < -0.4 is 4.74 Å². The van der Waals surface area contributed by atoms with Gasteiger partial charge >= 0.3 is 5.97 Å². The fraction of sp³-hybridized carbons (Fsp3) is 0.533. The third-order valence-electron chi connectivity index (χ3n) is 3.26. The summed E-state index contributed by atoms with van der Waals surface area (Å²) >= 11 is 0. The molecule has 1 fully saturated rings. The zero-order chi connectivity index (χ0) is 15.9. The van der Waals surface area contributed by atoms with Crippen LogP contribution in [0.1, 0.15) is 30.1 Å². The van der Waals surface area contributed by atoms with E-state index in [4.69, 9.17) is 14.6 Å². The van der Waals surface area contributed by atoms with Crippen molar-refractivity contribution in [1.82, 2.24) is 9.88 Å². The Labute approximate surface area is 128 Å². The van der Waals surface area contributed by atoms with E-state index in [1.807, 2.05) is 6.92 Å². The molecule has 0 aromatic carbocycles. The molecule has 22 heavy (non-hydrogen) atoms. The highest BCUT2D eigenvalue weighted by atomic mass is 16.5. The number of pyridine rings is 1. The van der Waals surface area contributed by atoms with Crippen LogP contribution in [0.25, 0.3) is 0 Å². The van der Waals surface area contributed by atoms with Crippen molar-refractivity contribution in [2.75, 3.05) is 26.3 Å². The summed E-state index contributed by atoms with van der Waals surface area (Å²) in [6.07, 6.45) is 2.92. The molecule has 7 heteroatoms. The molecule has 120 valence electrons. The molecule has 0 radical (unpaired) electrons. The monoisotopic (exact) mass is 308 g/mol. The number of ether oxygens (including phenoxy) is 2. The van der Waals surface area contributed by atoms with Crippen LogP contribution in [0.4, 0.5) is 0 Å². The van der Waals surface area contributed by atoms with Gasteiger partial charge in [-0.1, -0.05) is 6.92 Å². The van der Waals surface area contributed by atoms with Gasteiger partial charge in [0.15, 0.2) is 0 Å². The molecule has 1 unspecified atom stereocenters. The molecule has 1 aromatic rings. The van der Waals surface area contributed by atoms with Gasteiger partial charge in [-0.05, 0) is 12.5 Å². The van der Waals surface area contributed by atoms with Gasteiger partial charge in [0.25, 0.3) is 5.91 Å². The van der Waals surface area contributed by atoms with E-state index in [1.165, 1.54) is 11.1 Å². The molecule has 1 aromatic heterocycles. The van der Waals surface area contributed by atoms with Crippen molar-refractivity contribution >= 4 is 11.9 Å². The summed E-state index contributed by atoms with van der Waals surface area (Å²) in [4.78, 5) is 28.7. The van der Waals surface area contributed by atoms with Gasteiger partial charge in [-0.3, -0.25) is 9.59 Å². The molecule has 2 heterocycles. The number of aliphatic carboxylic acids is 1. The van der Waals surface area contributed by atoms with Gasteiger partial charge in [-0.25, -0.2) is 4.98 Å². The first-order valence-corrected chi connectivity index (χ1v) is 7.31. The summed E-state index contributed by atoms with van der Waals surface area (Å²) in [5.74, 6) is -1.01. The van der Waals surface area contributed by atoms with Gasteiger partial charge < -0.3 is 19.5 Å². The molecule has 1 aliphatic heterocycles. The topological polar surface area (TPSA) is 89.0 Å². The highest BCUT2D eigenvalue weighted by molar-refractivity contribution is 5.96. The van der Waals surface area contributed by atoms with Crippen molar-refractivity contribution in [3.05, 3.63) is 23.9 Å². The zero-order valence-electron chi connectivity index (χ0n) is 12.5. The van der Waals surface area contributed by atoms with E-state index >= 15 is 0 Å². The Hall–Kier alpha value is -2.15. The van der Waals surface area contributed by atoms with Crippen LogP contribution in [0.2, 0.25) is 0 Å². The number of carbonyl (C=O) groups excluding carboxylic acids is 1. The Bertz CT molecular complexity index is 528. The van der Waals surface area contributed by atoms with E-state index in [-0.39, 0.29) is 18.6 Å². The summed E-state index contributed by atoms with van der Waals surface area (Å²) in [5, 5.41) is 8.91. The predicted molar refractivity (Wildman–Crippen MR) is 77.9 cm³/mol. The Balaban J connectivity index is 2.08. The first-order valence-electron chi connectivity index (χ1n) is 7.31. The predicted octanol–water partition coefficient (Wildman–Crippen LogP) is 1.19. The molecule has 0 bridgehead atoms. The molecular weight excluding hydrogens is 288 g/mol. The van der Waals surface area contributed by atoms with Crippen molar-refractivity contribution in [2.24, 2.45) is 0 Å². The van der Waals surface area contributed by atoms with Gasteiger partial charge in [0.05, 0.1) is 13.2 Å². The highest BCUT2D eigenvalue weighted by Gasteiger charge is 2.21. The molecule has 2 rings (SSSR count). The molecule has 1 amide bonds. The lowest BCUT2D eigenvalue weighted by Crippen LogP contribution is -2.36. The summed E-state index contributed by atoms with van der Waals surface area (Å²) in [5.41, 5.74) is 0.374. The minimum absolute atomic E-state index is 0.0522. The number of aromatic nitrogens is 1. The fourth-order valence-corrected chi connectivity index (χ4v) is 2.25. The minimum Gasteiger partial charge on any atom is -0.480 e. The maximum Gasteiger partial charge on any atom is 0.323 e. The Morgan fingerprint density at radius 1 is 1.55 bits per heavy atom. The smallest absolute Gasteiger partial charge is 0.323 e. The molecule has 1 atom stereocenters. The van der Waals surface area contributed by atoms with E-state index in [1.54, 1.807) is 12.1 Å². The van der Waals surface area contributed by atoms with Crippen molar-refractivity contribution in [2.45, 2.75) is 25.9 Å². The number of nitrogens with zero attached hydrogens (tertiary/aromatic N) is 2. The van der Waals surface area contributed by atoms with Crippen molar-refractivity contribution in [3.8, 4) is 5.88 Å². The maximum atomic E-state index is 12.4. The van der Waals surface area contributed by atoms with Gasteiger partial charge in [-0.15, -0.1) is 0 Å². The number of amides is 1. The molecule has 0 saturated carbocycles. The number of rotatable bonds is 7. The van der Waals surface area contributed by atoms with Gasteiger partial charge in [0.1, 0.15) is 12.6 Å². The van der Waals surface area contributed by atoms with E-state index in [0.29, 0.717) is 37.6 Å². The fourth-order valence-electron chi connectivity index (χ4n) is 2.25. The normalized spacial score (nSPS) is 17.2. The molecule has 1 saturated heterocycles. The standard InChI is InChI=1S/C15H20N2O5/c1-2-6-17(9-14(18)19)15(20)11-3-5-16-13(8-11)22-12-4-7-21-10-12/h3,5,8,12H,2,4,6-7,9-10H2,1H3,(H,18,19). The number of carboxylic acids is 1. The van der Waals surface area contributed by atoms with Crippen LogP contribution in [0.15, 0.2) is 18.3 Å². The second kappa shape index (κ2) is 7.74. The molecule has 1 N–H and O–H groups in total. The largest absolute Gasteiger partial charge is 0.480 e. The maximum absolute atomic E-state index is 12.4. The van der Waals surface area contributed by atoms with Gasteiger partial charge in [0.2, 0.25) is 5.88 Å². The molecular formula is C15H20N2O5. The zero-order valence-corrected chi connectivity index (χ0v) is 12.5. The second-order valence-corrected chi connectivity index (χ2v) is 5.11. The van der Waals surface area contributed by atoms with Crippen molar-refractivity contribution < 1.29 is 24.2 Å². The second-order valence-electron chi connectivity index (χ2n) is 5.11. The van der Waals surface area contributed by atoms with Crippen LogP contribution in [0.3, 0.4) is 0 Å². The third kappa shape index (κ3) is 4.42. The van der Waals surface area contributed by atoms with Crippen LogP contribution in [-0.4, -0.2) is 59.3 Å². The lowest BCUT2D eigenvalue weighted by Gasteiger charge is -2.20.